The van der Waals surface area contributed by atoms with Crippen molar-refractivity contribution < 1.29 is 0 Å². The Bertz CT molecular complexity index is 391. The molecule has 0 atom stereocenters. The summed E-state index contributed by atoms with van der Waals surface area (Å²) in [6.45, 7) is 8.36. The number of rotatable bonds is 0. The number of hydrogen-bond acceptors (Lipinski definition) is 1. The van der Waals surface area contributed by atoms with Crippen LogP contribution >= 0.6 is 0 Å². The molecule has 1 aromatic heterocycles. The summed E-state index contributed by atoms with van der Waals surface area (Å²) < 4.78 is 0. The lowest BCUT2D eigenvalue weighted by Crippen LogP contribution is -1.81. The Balaban J connectivity index is 0.000000337. The van der Waals surface area contributed by atoms with E-state index in [1.165, 1.54) is 22.8 Å². The average molecular weight is 201 g/mol. The fourth-order valence-electron chi connectivity index (χ4n) is 1.37. The maximum absolute atomic E-state index is 4.25. The summed E-state index contributed by atoms with van der Waals surface area (Å²) in [6.07, 6.45) is 3.18. The molecular weight excluding hydrogens is 182 g/mol. The first-order chi connectivity index (χ1) is 7.17. The van der Waals surface area contributed by atoms with Crippen molar-refractivity contribution >= 4 is 10.8 Å². The minimum atomic E-state index is 1.08. The maximum atomic E-state index is 4.25. The van der Waals surface area contributed by atoms with Crippen molar-refractivity contribution in [1.29, 1.82) is 0 Å². The molecule has 0 bridgehead atoms. The highest BCUT2D eigenvalue weighted by molar-refractivity contribution is 5.82. The van der Waals surface area contributed by atoms with Gasteiger partial charge in [-0.1, -0.05) is 38.0 Å². The zero-order valence-electron chi connectivity index (χ0n) is 10.0. The lowest BCUT2D eigenvalue weighted by molar-refractivity contribution is 1.09. The SMILES string of the molecule is CCC.Cc1ccc2cc(C)ncc2c1. The van der Waals surface area contributed by atoms with Gasteiger partial charge in [0.05, 0.1) is 0 Å². The van der Waals surface area contributed by atoms with Gasteiger partial charge in [0.2, 0.25) is 0 Å². The van der Waals surface area contributed by atoms with E-state index >= 15 is 0 Å². The minimum absolute atomic E-state index is 1.08. The molecule has 0 spiro atoms. The largest absolute Gasteiger partial charge is 0.261 e. The maximum Gasteiger partial charge on any atom is 0.0379 e. The standard InChI is InChI=1S/C11H11N.C3H8/c1-8-3-4-10-6-9(2)12-7-11(10)5-8;1-3-2/h3-7H,1-2H3;3H2,1-2H3. The van der Waals surface area contributed by atoms with Crippen LogP contribution in [0.15, 0.2) is 30.5 Å². The fourth-order valence-corrected chi connectivity index (χ4v) is 1.37. The second kappa shape index (κ2) is 5.50. The predicted octanol–water partition coefficient (Wildman–Crippen LogP) is 4.27. The molecule has 15 heavy (non-hydrogen) atoms. The van der Waals surface area contributed by atoms with Crippen LogP contribution in [0, 0.1) is 13.8 Å². The third-order valence-corrected chi connectivity index (χ3v) is 2.01. The van der Waals surface area contributed by atoms with Crippen LogP contribution in [0.4, 0.5) is 0 Å². The Labute approximate surface area is 92.2 Å². The van der Waals surface area contributed by atoms with E-state index in [2.05, 4.69) is 50.0 Å². The van der Waals surface area contributed by atoms with Gasteiger partial charge in [0.25, 0.3) is 0 Å². The van der Waals surface area contributed by atoms with Crippen molar-refractivity contribution in [3.63, 3.8) is 0 Å². The molecule has 1 aromatic carbocycles. The van der Waals surface area contributed by atoms with E-state index in [4.69, 9.17) is 0 Å². The lowest BCUT2D eigenvalue weighted by atomic mass is 10.1. The molecule has 0 radical (unpaired) electrons. The second-order valence-electron chi connectivity index (χ2n) is 3.88. The summed E-state index contributed by atoms with van der Waals surface area (Å²) in [5, 5.41) is 2.49. The molecule has 2 rings (SSSR count). The number of pyridine rings is 1. The third kappa shape index (κ3) is 3.35. The number of aromatic nitrogens is 1. The Kier molecular flexibility index (Phi) is 4.29. The van der Waals surface area contributed by atoms with Crippen molar-refractivity contribution in [2.24, 2.45) is 0 Å². The first-order valence-corrected chi connectivity index (χ1v) is 5.50. The monoisotopic (exact) mass is 201 g/mol. The van der Waals surface area contributed by atoms with Gasteiger partial charge in [-0.25, -0.2) is 0 Å². The third-order valence-electron chi connectivity index (χ3n) is 2.01. The average Bonchev–Trinajstić information content (AvgIpc) is 2.20. The number of hydrogen-bond donors (Lipinski definition) is 0. The van der Waals surface area contributed by atoms with Crippen LogP contribution in [-0.4, -0.2) is 4.98 Å². The van der Waals surface area contributed by atoms with E-state index in [1.807, 2.05) is 13.1 Å². The summed E-state index contributed by atoms with van der Waals surface area (Å²) in [5.41, 5.74) is 2.36. The van der Waals surface area contributed by atoms with Crippen LogP contribution in [0.1, 0.15) is 31.5 Å². The first-order valence-electron chi connectivity index (χ1n) is 5.50. The minimum Gasteiger partial charge on any atom is -0.261 e. The van der Waals surface area contributed by atoms with Crippen LogP contribution in [-0.2, 0) is 0 Å². The molecule has 0 N–H and O–H groups in total. The summed E-state index contributed by atoms with van der Waals surface area (Å²) in [5.74, 6) is 0. The van der Waals surface area contributed by atoms with Crippen molar-refractivity contribution in [1.82, 2.24) is 4.98 Å². The number of aryl methyl sites for hydroxylation is 2. The van der Waals surface area contributed by atoms with Crippen LogP contribution in [0.25, 0.3) is 10.8 Å². The van der Waals surface area contributed by atoms with E-state index in [0.717, 1.165) is 5.69 Å². The Morgan fingerprint density at radius 3 is 2.33 bits per heavy atom. The normalized spacial score (nSPS) is 9.60. The number of nitrogens with zero attached hydrogens (tertiary/aromatic N) is 1. The smallest absolute Gasteiger partial charge is 0.0379 e. The van der Waals surface area contributed by atoms with Gasteiger partial charge in [0.15, 0.2) is 0 Å². The van der Waals surface area contributed by atoms with Gasteiger partial charge in [-0.2, -0.15) is 0 Å². The van der Waals surface area contributed by atoms with Gasteiger partial charge in [-0.15, -0.1) is 0 Å². The van der Waals surface area contributed by atoms with Crippen molar-refractivity contribution in [3.05, 3.63) is 41.7 Å². The number of fused-ring (bicyclic) bond motifs is 1. The number of benzene rings is 1. The lowest BCUT2D eigenvalue weighted by Gasteiger charge is -1.99. The Hall–Kier alpha value is -1.37. The molecule has 0 saturated heterocycles. The van der Waals surface area contributed by atoms with Crippen LogP contribution in [0.3, 0.4) is 0 Å². The first kappa shape index (κ1) is 11.7. The van der Waals surface area contributed by atoms with E-state index in [1.54, 1.807) is 0 Å². The van der Waals surface area contributed by atoms with Crippen LogP contribution in [0.2, 0.25) is 0 Å². The quantitative estimate of drug-likeness (QED) is 0.620. The summed E-state index contributed by atoms with van der Waals surface area (Å²) in [4.78, 5) is 4.25. The van der Waals surface area contributed by atoms with Gasteiger partial charge in [0, 0.05) is 17.3 Å². The van der Waals surface area contributed by atoms with E-state index in [0.29, 0.717) is 0 Å². The second-order valence-corrected chi connectivity index (χ2v) is 3.88. The van der Waals surface area contributed by atoms with Gasteiger partial charge in [0.1, 0.15) is 0 Å². The molecule has 0 aliphatic carbocycles. The zero-order chi connectivity index (χ0) is 11.3. The molecule has 1 nitrogen and oxygen atoms in total. The molecule has 0 aliphatic heterocycles. The van der Waals surface area contributed by atoms with E-state index in [9.17, 15) is 0 Å². The van der Waals surface area contributed by atoms with Gasteiger partial charge < -0.3 is 0 Å². The molecule has 80 valence electrons. The molecule has 1 heteroatoms. The predicted molar refractivity (Wildman–Crippen MR) is 67.2 cm³/mol. The van der Waals surface area contributed by atoms with Crippen molar-refractivity contribution in [3.8, 4) is 0 Å². The van der Waals surface area contributed by atoms with Crippen LogP contribution < -0.4 is 0 Å². The highest BCUT2D eigenvalue weighted by Gasteiger charge is 1.93. The van der Waals surface area contributed by atoms with Crippen LogP contribution in [0.5, 0.6) is 0 Å². The zero-order valence-corrected chi connectivity index (χ0v) is 10.0. The van der Waals surface area contributed by atoms with Crippen molar-refractivity contribution in [2.75, 3.05) is 0 Å². The summed E-state index contributed by atoms with van der Waals surface area (Å²) in [7, 11) is 0. The van der Waals surface area contributed by atoms with Gasteiger partial charge >= 0.3 is 0 Å². The topological polar surface area (TPSA) is 12.9 Å². The molecule has 0 amide bonds. The fraction of sp³-hybridized carbons (Fsp3) is 0.357. The van der Waals surface area contributed by atoms with E-state index < -0.39 is 0 Å². The summed E-state index contributed by atoms with van der Waals surface area (Å²) >= 11 is 0. The van der Waals surface area contributed by atoms with Crippen molar-refractivity contribution in [2.45, 2.75) is 34.1 Å². The Morgan fingerprint density at radius 2 is 1.67 bits per heavy atom. The van der Waals surface area contributed by atoms with E-state index in [-0.39, 0.29) is 0 Å². The molecule has 1 heterocycles. The molecule has 0 unspecified atom stereocenters. The molecule has 2 aromatic rings. The Morgan fingerprint density at radius 1 is 1.00 bits per heavy atom. The molecule has 0 saturated carbocycles. The van der Waals surface area contributed by atoms with Gasteiger partial charge in [-0.3, -0.25) is 4.98 Å². The summed E-state index contributed by atoms with van der Waals surface area (Å²) in [6, 6.07) is 8.53. The van der Waals surface area contributed by atoms with Gasteiger partial charge in [-0.05, 0) is 31.4 Å². The molecule has 0 aliphatic rings. The molecular formula is C14H19N. The highest BCUT2D eigenvalue weighted by Crippen LogP contribution is 2.14. The molecule has 0 fully saturated rings. The highest BCUT2D eigenvalue weighted by atomic mass is 14.6.